The predicted octanol–water partition coefficient (Wildman–Crippen LogP) is 2.40. The molecule has 0 fully saturated rings. The van der Waals surface area contributed by atoms with Gasteiger partial charge >= 0.3 is 0 Å². The van der Waals surface area contributed by atoms with Crippen LogP contribution in [-0.4, -0.2) is 15.8 Å². The Bertz CT molecular complexity index is 315. The smallest absolute Gasteiger partial charge is 0.0492 e. The molecule has 1 heterocycles. The summed E-state index contributed by atoms with van der Waals surface area (Å²) in [5, 5.41) is 4.20. The Morgan fingerprint density at radius 1 is 1.28 bits per heavy atom. The first kappa shape index (κ1) is 15.2. The summed E-state index contributed by atoms with van der Waals surface area (Å²) in [6.45, 7) is 4.49. The van der Waals surface area contributed by atoms with Gasteiger partial charge in [-0.2, -0.15) is 5.10 Å². The highest BCUT2D eigenvalue weighted by Crippen LogP contribution is 2.21. The summed E-state index contributed by atoms with van der Waals surface area (Å²) < 4.78 is 1.95. The van der Waals surface area contributed by atoms with Gasteiger partial charge < -0.3 is 0 Å². The summed E-state index contributed by atoms with van der Waals surface area (Å²) in [4.78, 5) is 0. The van der Waals surface area contributed by atoms with Crippen LogP contribution >= 0.6 is 0 Å². The molecular weight excluding hydrogens is 224 g/mol. The molecular formula is C14H28N4. The van der Waals surface area contributed by atoms with Crippen molar-refractivity contribution in [3.63, 3.8) is 0 Å². The van der Waals surface area contributed by atoms with E-state index in [-0.39, 0.29) is 0 Å². The van der Waals surface area contributed by atoms with Crippen molar-refractivity contribution in [3.8, 4) is 0 Å². The van der Waals surface area contributed by atoms with Crippen molar-refractivity contribution in [1.82, 2.24) is 15.2 Å². The SMILES string of the molecule is CCCC(CCC)C(CCc1ccnn1C)NN. The molecule has 104 valence electrons. The lowest BCUT2D eigenvalue weighted by Gasteiger charge is -2.26. The normalized spacial score (nSPS) is 13.2. The standard InChI is InChI=1S/C14H28N4/c1-4-6-12(7-5-2)14(17-15)9-8-13-10-11-16-18(13)3/h10-12,14,17H,4-9,15H2,1-3H3. The van der Waals surface area contributed by atoms with E-state index < -0.39 is 0 Å². The van der Waals surface area contributed by atoms with E-state index in [1.165, 1.54) is 31.4 Å². The van der Waals surface area contributed by atoms with Gasteiger partial charge in [-0.1, -0.05) is 26.7 Å². The second-order valence-electron chi connectivity index (χ2n) is 5.10. The average Bonchev–Trinajstić information content (AvgIpc) is 2.76. The molecule has 18 heavy (non-hydrogen) atoms. The van der Waals surface area contributed by atoms with Crippen molar-refractivity contribution in [3.05, 3.63) is 18.0 Å². The second kappa shape index (κ2) is 8.27. The average molecular weight is 252 g/mol. The Morgan fingerprint density at radius 3 is 2.39 bits per heavy atom. The molecule has 0 aromatic carbocycles. The van der Waals surface area contributed by atoms with E-state index in [1.807, 2.05) is 17.9 Å². The van der Waals surface area contributed by atoms with Gasteiger partial charge in [-0.05, 0) is 37.7 Å². The van der Waals surface area contributed by atoms with Crippen molar-refractivity contribution in [1.29, 1.82) is 0 Å². The largest absolute Gasteiger partial charge is 0.273 e. The first-order valence-corrected chi connectivity index (χ1v) is 7.15. The summed E-state index contributed by atoms with van der Waals surface area (Å²) in [6, 6.07) is 2.50. The number of nitrogens with one attached hydrogen (secondary N) is 1. The van der Waals surface area contributed by atoms with Crippen molar-refractivity contribution >= 4 is 0 Å². The highest BCUT2D eigenvalue weighted by Gasteiger charge is 2.19. The van der Waals surface area contributed by atoms with Gasteiger partial charge in [0.15, 0.2) is 0 Å². The van der Waals surface area contributed by atoms with Gasteiger partial charge in [-0.25, -0.2) is 0 Å². The van der Waals surface area contributed by atoms with Gasteiger partial charge in [-0.3, -0.25) is 16.0 Å². The maximum Gasteiger partial charge on any atom is 0.0492 e. The van der Waals surface area contributed by atoms with Gasteiger partial charge in [0.05, 0.1) is 0 Å². The first-order chi connectivity index (χ1) is 8.72. The number of nitrogens with zero attached hydrogens (tertiary/aromatic N) is 2. The summed E-state index contributed by atoms with van der Waals surface area (Å²) in [6.07, 6.45) is 8.96. The van der Waals surface area contributed by atoms with Crippen molar-refractivity contribution in [2.75, 3.05) is 0 Å². The molecule has 1 atom stereocenters. The molecule has 4 nitrogen and oxygen atoms in total. The fourth-order valence-corrected chi connectivity index (χ4v) is 2.69. The molecule has 0 aliphatic carbocycles. The molecule has 1 aromatic heterocycles. The quantitative estimate of drug-likeness (QED) is 0.524. The van der Waals surface area contributed by atoms with E-state index in [2.05, 4.69) is 30.4 Å². The molecule has 0 aliphatic rings. The highest BCUT2D eigenvalue weighted by molar-refractivity contribution is 5.00. The van der Waals surface area contributed by atoms with Crippen molar-refractivity contribution in [2.45, 2.75) is 58.4 Å². The summed E-state index contributed by atoms with van der Waals surface area (Å²) >= 11 is 0. The maximum absolute atomic E-state index is 5.74. The minimum Gasteiger partial charge on any atom is -0.273 e. The van der Waals surface area contributed by atoms with Gasteiger partial charge in [-0.15, -0.1) is 0 Å². The number of hydrazine groups is 1. The molecule has 0 spiro atoms. The molecule has 1 rings (SSSR count). The minimum atomic E-state index is 0.416. The number of hydrogen-bond acceptors (Lipinski definition) is 3. The molecule has 0 radical (unpaired) electrons. The molecule has 1 unspecified atom stereocenters. The number of hydrogen-bond donors (Lipinski definition) is 2. The molecule has 1 aromatic rings. The Labute approximate surface area is 111 Å². The minimum absolute atomic E-state index is 0.416. The molecule has 0 amide bonds. The topological polar surface area (TPSA) is 55.9 Å². The third-order valence-electron chi connectivity index (χ3n) is 3.74. The Hall–Kier alpha value is -0.870. The van der Waals surface area contributed by atoms with E-state index in [0.717, 1.165) is 12.8 Å². The highest BCUT2D eigenvalue weighted by atomic mass is 15.3. The van der Waals surface area contributed by atoms with Gasteiger partial charge in [0.25, 0.3) is 0 Å². The number of aromatic nitrogens is 2. The molecule has 0 bridgehead atoms. The van der Waals surface area contributed by atoms with Crippen LogP contribution in [0.3, 0.4) is 0 Å². The van der Waals surface area contributed by atoms with E-state index in [0.29, 0.717) is 12.0 Å². The number of aryl methyl sites for hydroxylation is 2. The Kier molecular flexibility index (Phi) is 6.98. The van der Waals surface area contributed by atoms with Crippen LogP contribution in [-0.2, 0) is 13.5 Å². The maximum atomic E-state index is 5.74. The zero-order valence-corrected chi connectivity index (χ0v) is 12.0. The van der Waals surface area contributed by atoms with Crippen LogP contribution in [0.5, 0.6) is 0 Å². The van der Waals surface area contributed by atoms with Crippen LogP contribution in [0.1, 0.15) is 51.6 Å². The van der Waals surface area contributed by atoms with Gasteiger partial charge in [0.1, 0.15) is 0 Å². The zero-order valence-electron chi connectivity index (χ0n) is 12.0. The Balaban J connectivity index is 2.51. The lowest BCUT2D eigenvalue weighted by Crippen LogP contribution is -2.41. The van der Waals surface area contributed by atoms with E-state index in [4.69, 9.17) is 5.84 Å². The summed E-state index contributed by atoms with van der Waals surface area (Å²) in [5.41, 5.74) is 4.30. The number of nitrogens with two attached hydrogens (primary N) is 1. The zero-order chi connectivity index (χ0) is 13.4. The lowest BCUT2D eigenvalue weighted by molar-refractivity contribution is 0.298. The fourth-order valence-electron chi connectivity index (χ4n) is 2.69. The van der Waals surface area contributed by atoms with Crippen molar-refractivity contribution < 1.29 is 0 Å². The number of rotatable bonds is 9. The van der Waals surface area contributed by atoms with Crippen LogP contribution in [0, 0.1) is 5.92 Å². The second-order valence-corrected chi connectivity index (χ2v) is 5.10. The monoisotopic (exact) mass is 252 g/mol. The third kappa shape index (κ3) is 4.42. The first-order valence-electron chi connectivity index (χ1n) is 7.15. The summed E-state index contributed by atoms with van der Waals surface area (Å²) in [5.74, 6) is 6.43. The lowest BCUT2D eigenvalue weighted by atomic mass is 9.88. The van der Waals surface area contributed by atoms with E-state index >= 15 is 0 Å². The van der Waals surface area contributed by atoms with E-state index in [9.17, 15) is 0 Å². The summed E-state index contributed by atoms with van der Waals surface area (Å²) in [7, 11) is 2.00. The molecule has 0 saturated heterocycles. The van der Waals surface area contributed by atoms with Crippen LogP contribution < -0.4 is 11.3 Å². The molecule has 3 N–H and O–H groups in total. The molecule has 0 aliphatic heterocycles. The fraction of sp³-hybridized carbons (Fsp3) is 0.786. The van der Waals surface area contributed by atoms with Crippen LogP contribution in [0.15, 0.2) is 12.3 Å². The van der Waals surface area contributed by atoms with Crippen LogP contribution in [0.25, 0.3) is 0 Å². The predicted molar refractivity (Wildman–Crippen MR) is 75.9 cm³/mol. The van der Waals surface area contributed by atoms with Crippen molar-refractivity contribution in [2.24, 2.45) is 18.8 Å². The van der Waals surface area contributed by atoms with Gasteiger partial charge in [0.2, 0.25) is 0 Å². The molecule has 4 heteroatoms. The Morgan fingerprint density at radius 2 is 1.94 bits per heavy atom. The van der Waals surface area contributed by atoms with E-state index in [1.54, 1.807) is 0 Å². The van der Waals surface area contributed by atoms with Gasteiger partial charge in [0, 0.05) is 25.0 Å². The third-order valence-corrected chi connectivity index (χ3v) is 3.74. The molecule has 0 saturated carbocycles. The van der Waals surface area contributed by atoms with Crippen LogP contribution in [0.2, 0.25) is 0 Å². The van der Waals surface area contributed by atoms with Crippen LogP contribution in [0.4, 0.5) is 0 Å².